The Morgan fingerprint density at radius 3 is 2.09 bits per heavy atom. The summed E-state index contributed by atoms with van der Waals surface area (Å²) in [6.45, 7) is 0.161. The zero-order chi connectivity index (χ0) is 15.9. The second-order valence-electron chi connectivity index (χ2n) is 4.75. The minimum atomic E-state index is -0.483. The van der Waals surface area contributed by atoms with Crippen molar-refractivity contribution in [3.05, 3.63) is 65.2 Å². The van der Waals surface area contributed by atoms with Crippen LogP contribution in [0.15, 0.2) is 48.5 Å². The number of nitrogens with two attached hydrogens (primary N) is 1. The first-order valence-electron chi connectivity index (χ1n) is 6.76. The molecule has 0 fully saturated rings. The fraction of sp³-hybridized carbons (Fsp3) is 0.176. The Kier molecular flexibility index (Phi) is 5.14. The average molecular weight is 299 g/mol. The van der Waals surface area contributed by atoms with Gasteiger partial charge < -0.3 is 15.2 Å². The van der Waals surface area contributed by atoms with E-state index in [9.17, 15) is 9.59 Å². The molecule has 2 aromatic rings. The predicted molar refractivity (Wildman–Crippen MR) is 81.5 cm³/mol. The molecule has 0 aliphatic rings. The Morgan fingerprint density at radius 2 is 1.55 bits per heavy atom. The summed E-state index contributed by atoms with van der Waals surface area (Å²) in [5.41, 5.74) is 7.24. The molecule has 0 spiro atoms. The molecule has 0 unspecified atom stereocenters. The maximum Gasteiger partial charge on any atom is 0.310 e. The minimum absolute atomic E-state index is 0.161. The normalized spacial score (nSPS) is 10.0. The van der Waals surface area contributed by atoms with Crippen LogP contribution in [0.5, 0.6) is 5.75 Å². The van der Waals surface area contributed by atoms with E-state index in [0.717, 1.165) is 16.9 Å². The second kappa shape index (κ2) is 7.26. The molecule has 5 heteroatoms. The van der Waals surface area contributed by atoms with Gasteiger partial charge in [0.15, 0.2) is 0 Å². The molecule has 0 bridgehead atoms. The number of carbonyl (C=O) groups is 2. The maximum atomic E-state index is 11.8. The van der Waals surface area contributed by atoms with E-state index in [0.29, 0.717) is 5.56 Å². The number of ether oxygens (including phenoxy) is 2. The van der Waals surface area contributed by atoms with Crippen molar-refractivity contribution in [2.75, 3.05) is 7.11 Å². The van der Waals surface area contributed by atoms with E-state index in [1.807, 2.05) is 12.1 Å². The second-order valence-corrected chi connectivity index (χ2v) is 4.75. The van der Waals surface area contributed by atoms with E-state index >= 15 is 0 Å². The van der Waals surface area contributed by atoms with Gasteiger partial charge in [-0.1, -0.05) is 24.3 Å². The van der Waals surface area contributed by atoms with Crippen molar-refractivity contribution >= 4 is 11.9 Å². The first-order valence-corrected chi connectivity index (χ1v) is 6.76. The number of amides is 1. The number of hydrogen-bond donors (Lipinski definition) is 1. The molecule has 114 valence electrons. The lowest BCUT2D eigenvalue weighted by molar-refractivity contribution is -0.144. The zero-order valence-corrected chi connectivity index (χ0v) is 12.2. The summed E-state index contributed by atoms with van der Waals surface area (Å²) in [5, 5.41) is 0. The Hall–Kier alpha value is -2.82. The number of esters is 1. The summed E-state index contributed by atoms with van der Waals surface area (Å²) in [5.74, 6) is -0.0566. The van der Waals surface area contributed by atoms with Crippen molar-refractivity contribution in [3.8, 4) is 5.75 Å². The van der Waals surface area contributed by atoms with Crippen molar-refractivity contribution in [2.24, 2.45) is 5.73 Å². The summed E-state index contributed by atoms with van der Waals surface area (Å²) in [6.07, 6.45) is 0.198. The molecule has 2 aromatic carbocycles. The average Bonchev–Trinajstić information content (AvgIpc) is 2.54. The SMILES string of the molecule is COc1ccc(CC(=O)OCc2ccc(C(N)=O)cc2)cc1. The van der Waals surface area contributed by atoms with Crippen LogP contribution in [-0.4, -0.2) is 19.0 Å². The molecule has 0 radical (unpaired) electrons. The lowest BCUT2D eigenvalue weighted by Crippen LogP contribution is -2.11. The molecule has 0 heterocycles. The van der Waals surface area contributed by atoms with Gasteiger partial charge in [0.25, 0.3) is 0 Å². The molecule has 2 rings (SSSR count). The van der Waals surface area contributed by atoms with Gasteiger partial charge in [0.1, 0.15) is 12.4 Å². The van der Waals surface area contributed by atoms with E-state index in [1.54, 1.807) is 43.5 Å². The van der Waals surface area contributed by atoms with Gasteiger partial charge in [-0.2, -0.15) is 0 Å². The van der Waals surface area contributed by atoms with Crippen LogP contribution in [0.1, 0.15) is 21.5 Å². The summed E-state index contributed by atoms with van der Waals surface area (Å²) in [4.78, 5) is 22.7. The number of rotatable bonds is 6. The Balaban J connectivity index is 1.85. The molecule has 2 N–H and O–H groups in total. The highest BCUT2D eigenvalue weighted by Gasteiger charge is 2.06. The number of primary amides is 1. The summed E-state index contributed by atoms with van der Waals surface area (Å²) >= 11 is 0. The fourth-order valence-corrected chi connectivity index (χ4v) is 1.89. The van der Waals surface area contributed by atoms with Crippen LogP contribution in [-0.2, 0) is 22.6 Å². The highest BCUT2D eigenvalue weighted by atomic mass is 16.5. The van der Waals surface area contributed by atoms with Crippen molar-refractivity contribution in [2.45, 2.75) is 13.0 Å². The number of methoxy groups -OCH3 is 1. The Labute approximate surface area is 128 Å². The van der Waals surface area contributed by atoms with Crippen molar-refractivity contribution in [1.82, 2.24) is 0 Å². The monoisotopic (exact) mass is 299 g/mol. The molecule has 0 aliphatic carbocycles. The highest BCUT2D eigenvalue weighted by molar-refractivity contribution is 5.92. The largest absolute Gasteiger partial charge is 0.497 e. The fourth-order valence-electron chi connectivity index (χ4n) is 1.89. The Morgan fingerprint density at radius 1 is 0.955 bits per heavy atom. The standard InChI is InChI=1S/C17H17NO4/c1-21-15-8-4-12(5-9-15)10-16(19)22-11-13-2-6-14(7-3-13)17(18)20/h2-9H,10-11H2,1H3,(H2,18,20). The van der Waals surface area contributed by atoms with Gasteiger partial charge in [0.05, 0.1) is 13.5 Å². The molecule has 0 aliphatic heterocycles. The van der Waals surface area contributed by atoms with Gasteiger partial charge in [0.2, 0.25) is 5.91 Å². The smallest absolute Gasteiger partial charge is 0.310 e. The maximum absolute atomic E-state index is 11.8. The van der Waals surface area contributed by atoms with Gasteiger partial charge >= 0.3 is 5.97 Å². The zero-order valence-electron chi connectivity index (χ0n) is 12.2. The van der Waals surface area contributed by atoms with Crippen molar-refractivity contribution < 1.29 is 19.1 Å². The van der Waals surface area contributed by atoms with E-state index in [4.69, 9.17) is 15.2 Å². The van der Waals surface area contributed by atoms with Crippen molar-refractivity contribution in [1.29, 1.82) is 0 Å². The third-order valence-electron chi connectivity index (χ3n) is 3.15. The quantitative estimate of drug-likeness (QED) is 0.828. The van der Waals surface area contributed by atoms with E-state index in [2.05, 4.69) is 0 Å². The van der Waals surface area contributed by atoms with Gasteiger partial charge in [-0.25, -0.2) is 0 Å². The molecule has 5 nitrogen and oxygen atoms in total. The number of hydrogen-bond acceptors (Lipinski definition) is 4. The van der Waals surface area contributed by atoms with Crippen LogP contribution in [0, 0.1) is 0 Å². The van der Waals surface area contributed by atoms with E-state index in [-0.39, 0.29) is 19.0 Å². The summed E-state index contributed by atoms with van der Waals surface area (Å²) in [7, 11) is 1.59. The van der Waals surface area contributed by atoms with Crippen LogP contribution in [0.2, 0.25) is 0 Å². The third-order valence-corrected chi connectivity index (χ3v) is 3.15. The van der Waals surface area contributed by atoms with Gasteiger partial charge in [0, 0.05) is 5.56 Å². The minimum Gasteiger partial charge on any atom is -0.497 e. The molecule has 0 saturated carbocycles. The molecule has 1 amide bonds. The van der Waals surface area contributed by atoms with Gasteiger partial charge in [-0.05, 0) is 35.4 Å². The lowest BCUT2D eigenvalue weighted by atomic mass is 10.1. The topological polar surface area (TPSA) is 78.6 Å². The first-order chi connectivity index (χ1) is 10.6. The molecular weight excluding hydrogens is 282 g/mol. The Bertz CT molecular complexity index is 647. The first kappa shape index (κ1) is 15.6. The van der Waals surface area contributed by atoms with Gasteiger partial charge in [-0.3, -0.25) is 9.59 Å². The molecule has 0 aromatic heterocycles. The molecule has 22 heavy (non-hydrogen) atoms. The highest BCUT2D eigenvalue weighted by Crippen LogP contribution is 2.12. The van der Waals surface area contributed by atoms with Gasteiger partial charge in [-0.15, -0.1) is 0 Å². The predicted octanol–water partition coefficient (Wildman–Crippen LogP) is 2.08. The van der Waals surface area contributed by atoms with Crippen molar-refractivity contribution in [3.63, 3.8) is 0 Å². The van der Waals surface area contributed by atoms with Crippen LogP contribution < -0.4 is 10.5 Å². The lowest BCUT2D eigenvalue weighted by Gasteiger charge is -2.06. The molecule has 0 atom stereocenters. The summed E-state index contributed by atoms with van der Waals surface area (Å²) < 4.78 is 10.3. The number of carbonyl (C=O) groups excluding carboxylic acids is 2. The van der Waals surface area contributed by atoms with Crippen LogP contribution in [0.25, 0.3) is 0 Å². The van der Waals surface area contributed by atoms with E-state index < -0.39 is 5.91 Å². The van der Waals surface area contributed by atoms with Crippen LogP contribution >= 0.6 is 0 Å². The number of benzene rings is 2. The molecule has 0 saturated heterocycles. The van der Waals surface area contributed by atoms with E-state index in [1.165, 1.54) is 0 Å². The summed E-state index contributed by atoms with van der Waals surface area (Å²) in [6, 6.07) is 13.9. The van der Waals surface area contributed by atoms with Crippen LogP contribution in [0.3, 0.4) is 0 Å². The van der Waals surface area contributed by atoms with Crippen LogP contribution in [0.4, 0.5) is 0 Å². The third kappa shape index (κ3) is 4.34. The molecular formula is C17H17NO4.